The first-order chi connectivity index (χ1) is 10.2. The van der Waals surface area contributed by atoms with Crippen LogP contribution in [0.2, 0.25) is 5.02 Å². The second-order valence-electron chi connectivity index (χ2n) is 4.50. The number of aromatic nitrogens is 1. The SMILES string of the molecule is CCNCc1cc(Cl)c(OCc2ccccn2)c(OC)c1. The monoisotopic (exact) mass is 306 g/mol. The van der Waals surface area contributed by atoms with Gasteiger partial charge in [0.15, 0.2) is 11.5 Å². The molecule has 1 N–H and O–H groups in total. The Labute approximate surface area is 130 Å². The van der Waals surface area contributed by atoms with Gasteiger partial charge in [0.05, 0.1) is 17.8 Å². The van der Waals surface area contributed by atoms with Crippen molar-refractivity contribution in [3.63, 3.8) is 0 Å². The Kier molecular flexibility index (Phi) is 5.84. The quantitative estimate of drug-likeness (QED) is 0.851. The van der Waals surface area contributed by atoms with Crippen LogP contribution in [0.1, 0.15) is 18.2 Å². The predicted molar refractivity (Wildman–Crippen MR) is 84.0 cm³/mol. The average molecular weight is 307 g/mol. The number of hydrogen-bond acceptors (Lipinski definition) is 4. The topological polar surface area (TPSA) is 43.4 Å². The molecule has 0 radical (unpaired) electrons. The van der Waals surface area contributed by atoms with Crippen molar-refractivity contribution in [2.45, 2.75) is 20.1 Å². The molecular formula is C16H19ClN2O2. The van der Waals surface area contributed by atoms with Gasteiger partial charge in [-0.05, 0) is 36.4 Å². The minimum Gasteiger partial charge on any atom is -0.493 e. The van der Waals surface area contributed by atoms with Crippen LogP contribution < -0.4 is 14.8 Å². The van der Waals surface area contributed by atoms with Gasteiger partial charge in [0, 0.05) is 12.7 Å². The highest BCUT2D eigenvalue weighted by molar-refractivity contribution is 6.32. The van der Waals surface area contributed by atoms with E-state index >= 15 is 0 Å². The Morgan fingerprint density at radius 1 is 1.29 bits per heavy atom. The summed E-state index contributed by atoms with van der Waals surface area (Å²) in [4.78, 5) is 4.22. The van der Waals surface area contributed by atoms with Crippen LogP contribution in [0.3, 0.4) is 0 Å². The standard InChI is InChI=1S/C16H19ClN2O2/c1-3-18-10-12-8-14(17)16(15(9-12)20-2)21-11-13-6-4-5-7-19-13/h4-9,18H,3,10-11H2,1-2H3. The second-order valence-corrected chi connectivity index (χ2v) is 4.91. The zero-order valence-corrected chi connectivity index (χ0v) is 13.0. The van der Waals surface area contributed by atoms with E-state index in [9.17, 15) is 0 Å². The van der Waals surface area contributed by atoms with E-state index in [0.717, 1.165) is 24.3 Å². The van der Waals surface area contributed by atoms with Gasteiger partial charge < -0.3 is 14.8 Å². The molecule has 21 heavy (non-hydrogen) atoms. The van der Waals surface area contributed by atoms with E-state index in [1.165, 1.54) is 0 Å². The summed E-state index contributed by atoms with van der Waals surface area (Å²) < 4.78 is 11.1. The van der Waals surface area contributed by atoms with E-state index in [0.29, 0.717) is 23.1 Å². The number of hydrogen-bond donors (Lipinski definition) is 1. The Morgan fingerprint density at radius 3 is 2.81 bits per heavy atom. The molecule has 0 amide bonds. The first-order valence-electron chi connectivity index (χ1n) is 6.84. The van der Waals surface area contributed by atoms with Crippen molar-refractivity contribution in [2.75, 3.05) is 13.7 Å². The molecule has 0 bridgehead atoms. The molecule has 0 saturated carbocycles. The zero-order chi connectivity index (χ0) is 15.1. The summed E-state index contributed by atoms with van der Waals surface area (Å²) >= 11 is 6.31. The maximum Gasteiger partial charge on any atom is 0.180 e. The molecule has 112 valence electrons. The molecule has 2 aromatic rings. The second kappa shape index (κ2) is 7.86. The highest BCUT2D eigenvalue weighted by atomic mass is 35.5. The van der Waals surface area contributed by atoms with Crippen LogP contribution in [0.15, 0.2) is 36.5 Å². The number of methoxy groups -OCH3 is 1. The Morgan fingerprint density at radius 2 is 2.14 bits per heavy atom. The van der Waals surface area contributed by atoms with Crippen molar-refractivity contribution in [2.24, 2.45) is 0 Å². The summed E-state index contributed by atoms with van der Waals surface area (Å²) in [7, 11) is 1.61. The van der Waals surface area contributed by atoms with Gasteiger partial charge in [-0.15, -0.1) is 0 Å². The molecule has 0 aliphatic carbocycles. The molecule has 0 aliphatic heterocycles. The normalized spacial score (nSPS) is 10.4. The lowest BCUT2D eigenvalue weighted by atomic mass is 10.2. The van der Waals surface area contributed by atoms with Gasteiger partial charge in [-0.25, -0.2) is 0 Å². The number of nitrogens with zero attached hydrogens (tertiary/aromatic N) is 1. The third-order valence-electron chi connectivity index (χ3n) is 2.96. The lowest BCUT2D eigenvalue weighted by molar-refractivity contribution is 0.280. The number of ether oxygens (including phenoxy) is 2. The van der Waals surface area contributed by atoms with E-state index < -0.39 is 0 Å². The van der Waals surface area contributed by atoms with Crippen molar-refractivity contribution in [3.05, 3.63) is 52.8 Å². The minimum absolute atomic E-state index is 0.351. The van der Waals surface area contributed by atoms with Crippen LogP contribution in [-0.4, -0.2) is 18.6 Å². The van der Waals surface area contributed by atoms with E-state index in [1.54, 1.807) is 13.3 Å². The molecule has 2 rings (SSSR count). The third kappa shape index (κ3) is 4.34. The molecule has 0 saturated heterocycles. The largest absolute Gasteiger partial charge is 0.493 e. The highest BCUT2D eigenvalue weighted by Gasteiger charge is 2.12. The Balaban J connectivity index is 2.14. The van der Waals surface area contributed by atoms with Crippen LogP contribution in [0.25, 0.3) is 0 Å². The van der Waals surface area contributed by atoms with Crippen molar-refractivity contribution in [1.82, 2.24) is 10.3 Å². The van der Waals surface area contributed by atoms with Crippen LogP contribution in [0.4, 0.5) is 0 Å². The molecule has 0 fully saturated rings. The lowest BCUT2D eigenvalue weighted by Crippen LogP contribution is -2.12. The van der Waals surface area contributed by atoms with Crippen molar-refractivity contribution in [3.8, 4) is 11.5 Å². The van der Waals surface area contributed by atoms with Gasteiger partial charge in [0.1, 0.15) is 6.61 Å². The fraction of sp³-hybridized carbons (Fsp3) is 0.312. The van der Waals surface area contributed by atoms with Gasteiger partial charge in [-0.3, -0.25) is 4.98 Å². The minimum atomic E-state index is 0.351. The molecule has 0 spiro atoms. The Hall–Kier alpha value is -1.78. The number of benzene rings is 1. The van der Waals surface area contributed by atoms with Crippen molar-refractivity contribution >= 4 is 11.6 Å². The third-order valence-corrected chi connectivity index (χ3v) is 3.24. The van der Waals surface area contributed by atoms with Crippen LogP contribution in [-0.2, 0) is 13.2 Å². The molecule has 1 aromatic carbocycles. The smallest absolute Gasteiger partial charge is 0.180 e. The molecule has 5 heteroatoms. The summed E-state index contributed by atoms with van der Waals surface area (Å²) in [5.74, 6) is 1.18. The first kappa shape index (κ1) is 15.6. The van der Waals surface area contributed by atoms with E-state index in [1.807, 2.05) is 30.3 Å². The molecular weight excluding hydrogens is 288 g/mol. The fourth-order valence-electron chi connectivity index (χ4n) is 1.91. The number of nitrogens with one attached hydrogen (secondary N) is 1. The van der Waals surface area contributed by atoms with Gasteiger partial charge in [0.25, 0.3) is 0 Å². The van der Waals surface area contributed by atoms with Crippen LogP contribution >= 0.6 is 11.6 Å². The predicted octanol–water partition coefficient (Wildman–Crippen LogP) is 3.43. The summed E-state index contributed by atoms with van der Waals surface area (Å²) in [6.07, 6.45) is 1.73. The maximum atomic E-state index is 6.31. The molecule has 0 unspecified atom stereocenters. The number of halogens is 1. The molecule has 1 heterocycles. The summed E-state index contributed by atoms with van der Waals surface area (Å²) in [6.45, 7) is 4.05. The van der Waals surface area contributed by atoms with Crippen LogP contribution in [0.5, 0.6) is 11.5 Å². The molecule has 1 aromatic heterocycles. The van der Waals surface area contributed by atoms with Gasteiger partial charge in [-0.1, -0.05) is 24.6 Å². The average Bonchev–Trinajstić information content (AvgIpc) is 2.52. The summed E-state index contributed by atoms with van der Waals surface area (Å²) in [5.41, 5.74) is 1.90. The first-order valence-corrected chi connectivity index (χ1v) is 7.22. The molecule has 0 aliphatic rings. The maximum absolute atomic E-state index is 6.31. The molecule has 4 nitrogen and oxygen atoms in total. The van der Waals surface area contributed by atoms with Gasteiger partial charge in [0.2, 0.25) is 0 Å². The van der Waals surface area contributed by atoms with Gasteiger partial charge >= 0.3 is 0 Å². The zero-order valence-electron chi connectivity index (χ0n) is 12.2. The molecule has 0 atom stereocenters. The lowest BCUT2D eigenvalue weighted by Gasteiger charge is -2.14. The van der Waals surface area contributed by atoms with E-state index in [-0.39, 0.29) is 0 Å². The van der Waals surface area contributed by atoms with E-state index in [2.05, 4.69) is 17.2 Å². The fourth-order valence-corrected chi connectivity index (χ4v) is 2.20. The summed E-state index contributed by atoms with van der Waals surface area (Å²) in [5, 5.41) is 3.80. The van der Waals surface area contributed by atoms with E-state index in [4.69, 9.17) is 21.1 Å². The van der Waals surface area contributed by atoms with Crippen LogP contribution in [0, 0.1) is 0 Å². The van der Waals surface area contributed by atoms with Gasteiger partial charge in [-0.2, -0.15) is 0 Å². The summed E-state index contributed by atoms with van der Waals surface area (Å²) in [6, 6.07) is 9.51. The number of rotatable bonds is 7. The highest BCUT2D eigenvalue weighted by Crippen LogP contribution is 2.36. The van der Waals surface area contributed by atoms with Crippen molar-refractivity contribution in [1.29, 1.82) is 0 Å². The number of pyridine rings is 1. The van der Waals surface area contributed by atoms with Crippen molar-refractivity contribution < 1.29 is 9.47 Å². The Bertz CT molecular complexity index is 576.